The van der Waals surface area contributed by atoms with Crippen molar-refractivity contribution in [1.82, 2.24) is 5.32 Å². The normalized spacial score (nSPS) is 10.7. The molecule has 37 heavy (non-hydrogen) atoms. The highest BCUT2D eigenvalue weighted by Gasteiger charge is 2.15. The van der Waals surface area contributed by atoms with Crippen molar-refractivity contribution in [1.29, 1.82) is 0 Å². The maximum atomic E-state index is 12.8. The fourth-order valence-electron chi connectivity index (χ4n) is 3.59. The Morgan fingerprint density at radius 1 is 1.14 bits per heavy atom. The van der Waals surface area contributed by atoms with Gasteiger partial charge in [-0.15, -0.1) is 0 Å². The summed E-state index contributed by atoms with van der Waals surface area (Å²) in [4.78, 5) is 36.6. The smallest absolute Gasteiger partial charge is 0.360 e. The molecule has 0 bridgehead atoms. The second-order valence-electron chi connectivity index (χ2n) is 8.79. The molecule has 1 aromatic heterocycles. The molecule has 0 radical (unpaired) electrons. The van der Waals surface area contributed by atoms with Gasteiger partial charge in [-0.25, -0.2) is 4.79 Å². The quantitative estimate of drug-likeness (QED) is 0.153. The first kappa shape index (κ1) is 27.5. The minimum absolute atomic E-state index is 0.0150. The van der Waals surface area contributed by atoms with Crippen LogP contribution in [0.1, 0.15) is 41.8 Å². The average molecular weight is 509 g/mol. The Morgan fingerprint density at radius 2 is 1.92 bits per heavy atom. The summed E-state index contributed by atoms with van der Waals surface area (Å²) in [7, 11) is 1.34. The van der Waals surface area contributed by atoms with E-state index in [0.29, 0.717) is 59.4 Å². The number of phenolic OH excluding ortho intramolecular Hbond substituents is 1. The number of amides is 1. The number of anilines is 1. The number of methoxy groups -OCH3 is 1. The lowest BCUT2D eigenvalue weighted by molar-refractivity contribution is -0.139. The van der Waals surface area contributed by atoms with E-state index in [1.54, 1.807) is 31.2 Å². The van der Waals surface area contributed by atoms with Gasteiger partial charge in [-0.3, -0.25) is 9.59 Å². The van der Waals surface area contributed by atoms with E-state index in [4.69, 9.17) is 9.15 Å². The van der Waals surface area contributed by atoms with Gasteiger partial charge in [0, 0.05) is 16.5 Å². The average Bonchev–Trinajstić information content (AvgIpc) is 2.87. The third-order valence-electron chi connectivity index (χ3n) is 5.67. The molecule has 3 rings (SSSR count). The molecule has 0 aliphatic rings. The van der Waals surface area contributed by atoms with Crippen molar-refractivity contribution in [3.05, 3.63) is 75.2 Å². The summed E-state index contributed by atoms with van der Waals surface area (Å²) in [6.45, 7) is 6.82. The number of nitrogens with one attached hydrogen (secondary N) is 2. The van der Waals surface area contributed by atoms with Gasteiger partial charge in [-0.2, -0.15) is 0 Å². The Bertz CT molecular complexity index is 1370. The number of fused-ring (bicyclic) bond motifs is 1. The van der Waals surface area contributed by atoms with Crippen LogP contribution in [0.25, 0.3) is 11.0 Å². The standard InChI is InChI=1S/C28H32N2O7/c1-17(2)6-7-19-14-21(8-10-23(19)31)27(33)30-22-15-20-9-11-24(18(3)26(20)37-28(22)34)36-13-5-12-29-16-25(32)35-4/h6,8-11,14-15,29,31H,5,7,12-13,16H2,1-4H3,(H,30,33). The van der Waals surface area contributed by atoms with Crippen molar-refractivity contribution in [2.24, 2.45) is 0 Å². The second kappa shape index (κ2) is 12.7. The Hall–Kier alpha value is -4.11. The summed E-state index contributed by atoms with van der Waals surface area (Å²) in [6, 6.07) is 9.66. The highest BCUT2D eigenvalue weighted by atomic mass is 16.5. The number of aryl methyl sites for hydroxylation is 1. The highest BCUT2D eigenvalue weighted by molar-refractivity contribution is 6.05. The van der Waals surface area contributed by atoms with E-state index in [9.17, 15) is 19.5 Å². The predicted molar refractivity (Wildman–Crippen MR) is 141 cm³/mol. The molecule has 0 aliphatic heterocycles. The van der Waals surface area contributed by atoms with Crippen LogP contribution in [-0.2, 0) is 16.0 Å². The van der Waals surface area contributed by atoms with E-state index in [-0.39, 0.29) is 24.0 Å². The number of aromatic hydroxyl groups is 1. The van der Waals surface area contributed by atoms with E-state index in [0.717, 1.165) is 5.57 Å². The van der Waals surface area contributed by atoms with Crippen LogP contribution < -0.4 is 21.0 Å². The van der Waals surface area contributed by atoms with Crippen LogP contribution in [0.3, 0.4) is 0 Å². The largest absolute Gasteiger partial charge is 0.508 e. The first-order valence-electron chi connectivity index (χ1n) is 11.9. The van der Waals surface area contributed by atoms with Crippen molar-refractivity contribution in [3.8, 4) is 11.5 Å². The zero-order valence-electron chi connectivity index (χ0n) is 21.5. The van der Waals surface area contributed by atoms with Crippen LogP contribution in [0.2, 0.25) is 0 Å². The van der Waals surface area contributed by atoms with Crippen molar-refractivity contribution in [3.63, 3.8) is 0 Å². The molecule has 9 nitrogen and oxygen atoms in total. The number of hydrogen-bond acceptors (Lipinski definition) is 8. The van der Waals surface area contributed by atoms with Crippen LogP contribution >= 0.6 is 0 Å². The molecular weight excluding hydrogens is 476 g/mol. The molecule has 196 valence electrons. The maximum absolute atomic E-state index is 12.8. The minimum atomic E-state index is -0.684. The number of rotatable bonds is 11. The number of ether oxygens (including phenoxy) is 2. The fourth-order valence-corrected chi connectivity index (χ4v) is 3.59. The summed E-state index contributed by atoms with van der Waals surface area (Å²) in [5.41, 5.74) is 2.39. The van der Waals surface area contributed by atoms with E-state index in [1.165, 1.54) is 19.2 Å². The van der Waals surface area contributed by atoms with E-state index in [2.05, 4.69) is 15.4 Å². The van der Waals surface area contributed by atoms with Crippen LogP contribution in [-0.4, -0.2) is 43.8 Å². The van der Waals surface area contributed by atoms with E-state index < -0.39 is 11.5 Å². The lowest BCUT2D eigenvalue weighted by Crippen LogP contribution is -2.25. The summed E-state index contributed by atoms with van der Waals surface area (Å²) in [5.74, 6) is -0.134. The third-order valence-corrected chi connectivity index (χ3v) is 5.67. The van der Waals surface area contributed by atoms with Gasteiger partial charge in [0.25, 0.3) is 5.91 Å². The zero-order chi connectivity index (χ0) is 26.9. The lowest BCUT2D eigenvalue weighted by Gasteiger charge is -2.12. The van der Waals surface area contributed by atoms with Crippen LogP contribution in [0, 0.1) is 6.92 Å². The lowest BCUT2D eigenvalue weighted by atomic mass is 10.0. The number of carbonyl (C=O) groups excluding carboxylic acids is 2. The number of esters is 1. The number of allylic oxidation sites excluding steroid dienone is 2. The van der Waals surface area contributed by atoms with Crippen molar-refractivity contribution < 1.29 is 28.6 Å². The van der Waals surface area contributed by atoms with Crippen LogP contribution in [0.15, 0.2) is 57.3 Å². The van der Waals surface area contributed by atoms with Crippen molar-refractivity contribution in [2.75, 3.05) is 32.1 Å². The van der Waals surface area contributed by atoms with Crippen molar-refractivity contribution >= 4 is 28.5 Å². The molecule has 0 saturated heterocycles. The minimum Gasteiger partial charge on any atom is -0.508 e. The van der Waals surface area contributed by atoms with Gasteiger partial charge in [0.1, 0.15) is 22.8 Å². The highest BCUT2D eigenvalue weighted by Crippen LogP contribution is 2.28. The number of hydrogen-bond donors (Lipinski definition) is 3. The van der Waals surface area contributed by atoms with Crippen molar-refractivity contribution in [2.45, 2.75) is 33.6 Å². The van der Waals surface area contributed by atoms with Crippen LogP contribution in [0.5, 0.6) is 11.5 Å². The first-order chi connectivity index (χ1) is 17.7. The molecule has 0 atom stereocenters. The molecule has 2 aromatic carbocycles. The first-order valence-corrected chi connectivity index (χ1v) is 11.9. The molecule has 3 N–H and O–H groups in total. The third kappa shape index (κ3) is 7.44. The van der Waals surface area contributed by atoms with Gasteiger partial charge in [0.05, 0.1) is 20.3 Å². The molecule has 0 unspecified atom stereocenters. The van der Waals surface area contributed by atoms with E-state index >= 15 is 0 Å². The Kier molecular flexibility index (Phi) is 9.45. The number of benzene rings is 2. The Balaban J connectivity index is 1.70. The summed E-state index contributed by atoms with van der Waals surface area (Å²) in [6.07, 6.45) is 3.11. The molecule has 0 fully saturated rings. The van der Waals surface area contributed by atoms with Gasteiger partial charge in [0.15, 0.2) is 0 Å². The zero-order valence-corrected chi connectivity index (χ0v) is 21.5. The number of carbonyl (C=O) groups is 2. The molecule has 1 heterocycles. The monoisotopic (exact) mass is 508 g/mol. The van der Waals surface area contributed by atoms with Gasteiger partial charge in [-0.1, -0.05) is 11.6 Å². The SMILES string of the molecule is COC(=O)CNCCCOc1ccc2cc(NC(=O)c3ccc(O)c(CC=C(C)C)c3)c(=O)oc2c1C. The molecule has 0 aliphatic carbocycles. The summed E-state index contributed by atoms with van der Waals surface area (Å²) < 4.78 is 15.9. The molecule has 0 saturated carbocycles. The van der Waals surface area contributed by atoms with Gasteiger partial charge >= 0.3 is 11.6 Å². The second-order valence-corrected chi connectivity index (χ2v) is 8.79. The molecule has 3 aromatic rings. The molecule has 9 heteroatoms. The Labute approximate surface area is 215 Å². The molecular formula is C28H32N2O7. The molecule has 0 spiro atoms. The maximum Gasteiger partial charge on any atom is 0.360 e. The number of phenols is 1. The Morgan fingerprint density at radius 3 is 2.65 bits per heavy atom. The van der Waals surface area contributed by atoms with Gasteiger partial charge in [-0.05, 0) is 82.1 Å². The summed E-state index contributed by atoms with van der Waals surface area (Å²) >= 11 is 0. The molecule has 1 amide bonds. The van der Waals surface area contributed by atoms with Gasteiger partial charge in [0.2, 0.25) is 0 Å². The predicted octanol–water partition coefficient (Wildman–Crippen LogP) is 4.10. The van der Waals surface area contributed by atoms with Gasteiger partial charge < -0.3 is 29.6 Å². The van der Waals surface area contributed by atoms with Crippen LogP contribution in [0.4, 0.5) is 5.69 Å². The summed E-state index contributed by atoms with van der Waals surface area (Å²) in [5, 5.41) is 16.3. The van der Waals surface area contributed by atoms with E-state index in [1.807, 2.05) is 19.9 Å². The fraction of sp³-hybridized carbons (Fsp3) is 0.321. The topological polar surface area (TPSA) is 127 Å².